The molecule has 0 spiro atoms. The van der Waals surface area contributed by atoms with Crippen LogP contribution in [-0.4, -0.2) is 53.4 Å². The van der Waals surface area contributed by atoms with E-state index in [0.717, 1.165) is 13.0 Å². The van der Waals surface area contributed by atoms with Gasteiger partial charge in [-0.1, -0.05) is 18.2 Å². The quantitative estimate of drug-likeness (QED) is 0.893. The average molecular weight is 360 g/mol. The van der Waals surface area contributed by atoms with Gasteiger partial charge in [-0.3, -0.25) is 9.69 Å². The summed E-state index contributed by atoms with van der Waals surface area (Å²) < 4.78 is 0. The van der Waals surface area contributed by atoms with Crippen LogP contribution in [0.5, 0.6) is 0 Å². The smallest absolute Gasteiger partial charge is 0.230 e. The molecule has 134 valence electrons. The first-order chi connectivity index (χ1) is 11.5. The zero-order chi connectivity index (χ0) is 17.0. The summed E-state index contributed by atoms with van der Waals surface area (Å²) in [5, 5.41) is 1.33. The van der Waals surface area contributed by atoms with Crippen LogP contribution in [-0.2, 0) is 11.2 Å². The fourth-order valence-electron chi connectivity index (χ4n) is 4.12. The summed E-state index contributed by atoms with van der Waals surface area (Å²) in [5.74, 6) is 0.152. The van der Waals surface area contributed by atoms with Gasteiger partial charge in [0.05, 0.1) is 5.92 Å². The molecule has 0 bridgehead atoms. The molecule has 2 aliphatic rings. The lowest BCUT2D eigenvalue weighted by molar-refractivity contribution is -0.134. The van der Waals surface area contributed by atoms with Crippen molar-refractivity contribution in [3.05, 3.63) is 41.6 Å². The van der Waals surface area contributed by atoms with Crippen molar-refractivity contribution in [2.75, 3.05) is 20.6 Å². The number of halogens is 1. The van der Waals surface area contributed by atoms with E-state index in [0.29, 0.717) is 6.04 Å². The minimum absolute atomic E-state index is 0. The van der Waals surface area contributed by atoms with Crippen LogP contribution in [0.1, 0.15) is 25.0 Å². The molecule has 0 fully saturated rings. The van der Waals surface area contributed by atoms with E-state index in [-0.39, 0.29) is 30.3 Å². The number of carbonyl (C=O) groups is 1. The number of carbonyl (C=O) groups excluding carboxylic acids is 1. The van der Waals surface area contributed by atoms with Gasteiger partial charge in [0, 0.05) is 42.8 Å². The fourth-order valence-corrected chi connectivity index (χ4v) is 4.12. The molecular weight excluding hydrogens is 334 g/mol. The van der Waals surface area contributed by atoms with Gasteiger partial charge in [-0.2, -0.15) is 0 Å². The van der Waals surface area contributed by atoms with E-state index in [4.69, 9.17) is 0 Å². The zero-order valence-electron chi connectivity index (χ0n) is 15.2. The van der Waals surface area contributed by atoms with Crippen LogP contribution in [0.15, 0.2) is 30.5 Å². The van der Waals surface area contributed by atoms with Gasteiger partial charge in [-0.25, -0.2) is 0 Å². The van der Waals surface area contributed by atoms with Gasteiger partial charge in [0.25, 0.3) is 0 Å². The lowest BCUT2D eigenvalue weighted by Gasteiger charge is -2.40. The largest absolute Gasteiger partial charge is 0.361 e. The van der Waals surface area contributed by atoms with E-state index in [1.807, 2.05) is 11.9 Å². The molecule has 1 aliphatic carbocycles. The molecule has 1 amide bonds. The molecular formula is C20H26ClN3O. The van der Waals surface area contributed by atoms with Crippen LogP contribution >= 0.6 is 12.4 Å². The Bertz CT molecular complexity index is 839. The Balaban J connectivity index is 0.00000182. The molecule has 0 saturated carbocycles. The minimum Gasteiger partial charge on any atom is -0.361 e. The number of benzene rings is 1. The molecule has 1 N–H and O–H groups in total. The fraction of sp³-hybridized carbons (Fsp3) is 0.450. The van der Waals surface area contributed by atoms with Crippen molar-refractivity contribution in [1.82, 2.24) is 14.8 Å². The highest BCUT2D eigenvalue weighted by Gasteiger charge is 2.36. The second-order valence-corrected chi connectivity index (χ2v) is 7.47. The van der Waals surface area contributed by atoms with Gasteiger partial charge in [0.2, 0.25) is 5.91 Å². The average Bonchev–Trinajstić information content (AvgIpc) is 2.99. The highest BCUT2D eigenvalue weighted by atomic mass is 35.5. The Morgan fingerprint density at radius 3 is 2.84 bits per heavy atom. The van der Waals surface area contributed by atoms with E-state index in [1.54, 1.807) is 0 Å². The third-order valence-electron chi connectivity index (χ3n) is 5.71. The van der Waals surface area contributed by atoms with Gasteiger partial charge < -0.3 is 9.88 Å². The Morgan fingerprint density at radius 1 is 1.36 bits per heavy atom. The van der Waals surface area contributed by atoms with Crippen LogP contribution in [0.25, 0.3) is 16.5 Å². The van der Waals surface area contributed by atoms with Gasteiger partial charge in [0.1, 0.15) is 0 Å². The van der Waals surface area contributed by atoms with Gasteiger partial charge in [-0.05, 0) is 50.1 Å². The predicted octanol–water partition coefficient (Wildman–Crippen LogP) is 3.33. The van der Waals surface area contributed by atoms with E-state index in [2.05, 4.69) is 61.3 Å². The number of hydrogen-bond donors (Lipinski definition) is 1. The van der Waals surface area contributed by atoms with Crippen LogP contribution in [0.3, 0.4) is 0 Å². The first-order valence-corrected chi connectivity index (χ1v) is 8.75. The standard InChI is InChI=1S/C20H25N3O.ClH/c1-12(2)23(4)20(24)14-8-16-15-6-5-7-17-19(15)13(10-21-17)9-18(16)22(3)11-14;/h5-8,10,12,14,18,21H,9,11H2,1-4H3;1H/t14-,18-;/m1./s1. The Hall–Kier alpha value is -1.78. The minimum atomic E-state index is -0.0654. The number of fused-ring (bicyclic) bond motifs is 2. The van der Waals surface area contributed by atoms with Crippen molar-refractivity contribution in [2.24, 2.45) is 5.92 Å². The molecule has 0 radical (unpaired) electrons. The van der Waals surface area contributed by atoms with Crippen molar-refractivity contribution in [3.8, 4) is 0 Å². The number of aromatic amines is 1. The monoisotopic (exact) mass is 359 g/mol. The summed E-state index contributed by atoms with van der Waals surface area (Å²) >= 11 is 0. The van der Waals surface area contributed by atoms with Crippen LogP contribution < -0.4 is 0 Å². The third-order valence-corrected chi connectivity index (χ3v) is 5.71. The van der Waals surface area contributed by atoms with Crippen LogP contribution in [0.4, 0.5) is 0 Å². The van der Waals surface area contributed by atoms with Crippen LogP contribution in [0, 0.1) is 5.92 Å². The number of amides is 1. The third kappa shape index (κ3) is 2.77. The summed E-state index contributed by atoms with van der Waals surface area (Å²) in [6.07, 6.45) is 5.39. The lowest BCUT2D eigenvalue weighted by atomic mass is 9.79. The van der Waals surface area contributed by atoms with Crippen molar-refractivity contribution < 1.29 is 4.79 Å². The summed E-state index contributed by atoms with van der Waals surface area (Å²) in [5.41, 5.74) is 5.18. The summed E-state index contributed by atoms with van der Waals surface area (Å²) in [7, 11) is 4.05. The number of H-pyrrole nitrogens is 1. The molecule has 4 nitrogen and oxygen atoms in total. The molecule has 25 heavy (non-hydrogen) atoms. The molecule has 4 rings (SSSR count). The Morgan fingerprint density at radius 2 is 2.12 bits per heavy atom. The summed E-state index contributed by atoms with van der Waals surface area (Å²) in [6.45, 7) is 4.92. The highest BCUT2D eigenvalue weighted by molar-refractivity contribution is 5.99. The number of likely N-dealkylation sites (N-methyl/N-ethyl adjacent to an activating group) is 1. The first kappa shape index (κ1) is 18.0. The van der Waals surface area contributed by atoms with Crippen molar-refractivity contribution in [1.29, 1.82) is 0 Å². The van der Waals surface area contributed by atoms with Gasteiger partial charge in [0.15, 0.2) is 0 Å². The van der Waals surface area contributed by atoms with Gasteiger partial charge >= 0.3 is 0 Å². The van der Waals surface area contributed by atoms with E-state index >= 15 is 0 Å². The lowest BCUT2D eigenvalue weighted by Crippen LogP contribution is -2.48. The van der Waals surface area contributed by atoms with E-state index in [1.165, 1.54) is 27.6 Å². The number of nitrogens with one attached hydrogen (secondary N) is 1. The number of rotatable bonds is 2. The second kappa shape index (κ2) is 6.50. The molecule has 2 atom stereocenters. The molecule has 0 saturated heterocycles. The molecule has 5 heteroatoms. The summed E-state index contributed by atoms with van der Waals surface area (Å²) in [6, 6.07) is 7.03. The Labute approximate surface area is 155 Å². The number of aromatic nitrogens is 1. The molecule has 2 aromatic rings. The zero-order valence-corrected chi connectivity index (χ0v) is 16.1. The normalized spacial score (nSPS) is 22.4. The topological polar surface area (TPSA) is 39.3 Å². The molecule has 1 aromatic carbocycles. The van der Waals surface area contributed by atoms with Crippen LogP contribution in [0.2, 0.25) is 0 Å². The number of hydrogen-bond acceptors (Lipinski definition) is 2. The predicted molar refractivity (Wildman–Crippen MR) is 105 cm³/mol. The molecule has 2 heterocycles. The van der Waals surface area contributed by atoms with Crippen molar-refractivity contribution in [2.45, 2.75) is 32.4 Å². The SMILES string of the molecule is CC(C)N(C)C(=O)[C@@H]1C=C2c3cccc4[nH]cc(c34)C[C@H]2N(C)C1.Cl. The molecule has 1 aliphatic heterocycles. The summed E-state index contributed by atoms with van der Waals surface area (Å²) in [4.78, 5) is 20.4. The van der Waals surface area contributed by atoms with E-state index in [9.17, 15) is 4.79 Å². The maximum atomic E-state index is 12.8. The number of nitrogens with zero attached hydrogens (tertiary/aromatic N) is 2. The second-order valence-electron chi connectivity index (χ2n) is 7.47. The maximum Gasteiger partial charge on any atom is 0.230 e. The van der Waals surface area contributed by atoms with E-state index < -0.39 is 0 Å². The molecule has 1 aromatic heterocycles. The van der Waals surface area contributed by atoms with Gasteiger partial charge in [-0.15, -0.1) is 12.4 Å². The van der Waals surface area contributed by atoms with Crippen molar-refractivity contribution in [3.63, 3.8) is 0 Å². The Kier molecular flexibility index (Phi) is 4.69. The molecule has 0 unspecified atom stereocenters. The highest BCUT2D eigenvalue weighted by Crippen LogP contribution is 2.40. The maximum absolute atomic E-state index is 12.8. The van der Waals surface area contributed by atoms with Crippen molar-refractivity contribution >= 4 is 34.8 Å². The first-order valence-electron chi connectivity index (χ1n) is 8.75.